The van der Waals surface area contributed by atoms with Crippen LogP contribution in [0.5, 0.6) is 0 Å². The van der Waals surface area contributed by atoms with Crippen molar-refractivity contribution >= 4 is 11.9 Å². The second-order valence-corrected chi connectivity index (χ2v) is 9.10. The number of hydrogen-bond donors (Lipinski definition) is 6. The molecule has 0 aliphatic carbocycles. The number of carbonyl (C=O) groups excluding carboxylic acids is 2. The van der Waals surface area contributed by atoms with Gasteiger partial charge in [0.05, 0.1) is 39.6 Å². The molecule has 0 aliphatic heterocycles. The normalized spacial score (nSPS) is 10.7. The van der Waals surface area contributed by atoms with E-state index in [4.69, 9.17) is 30.6 Å². The molecule has 35 heavy (non-hydrogen) atoms. The summed E-state index contributed by atoms with van der Waals surface area (Å²) in [5.41, 5.74) is -1.39. The third-order valence-electron chi connectivity index (χ3n) is 3.72. The third kappa shape index (κ3) is 37.8. The molecule has 12 nitrogen and oxygen atoms in total. The van der Waals surface area contributed by atoms with Crippen molar-refractivity contribution in [1.29, 1.82) is 0 Å². The average Bonchev–Trinajstić information content (AvgIpc) is 2.69. The van der Waals surface area contributed by atoms with Crippen LogP contribution in [-0.4, -0.2) is 131 Å². The molecule has 6 N–H and O–H groups in total. The van der Waals surface area contributed by atoms with Crippen LogP contribution in [0.25, 0.3) is 0 Å². The standard InChI is InChI=1S/2C6H15NO3.2C5H10O2.Co/c2*8-4-1-7(2-5-9)3-6-10;2*1-5(2,3)4(6)7;/h2*8-10H,1-6H2;2*1-3H3,(H,6,7);/q;;;;+2/p-2. The number of carboxylic acid groups (broad SMARTS) is 2. The van der Waals surface area contributed by atoms with Crippen molar-refractivity contribution in [3.8, 4) is 0 Å². The van der Waals surface area contributed by atoms with E-state index in [1.54, 1.807) is 51.3 Å². The van der Waals surface area contributed by atoms with Gasteiger partial charge in [-0.2, -0.15) is 0 Å². The molecule has 0 rings (SSSR count). The van der Waals surface area contributed by atoms with E-state index in [1.165, 1.54) is 0 Å². The fourth-order valence-electron chi connectivity index (χ4n) is 1.52. The molecule has 0 aromatic heterocycles. The van der Waals surface area contributed by atoms with E-state index in [0.717, 1.165) is 0 Å². The van der Waals surface area contributed by atoms with E-state index in [2.05, 4.69) is 0 Å². The maximum atomic E-state index is 9.91. The zero-order valence-electron chi connectivity index (χ0n) is 22.0. The molecule has 0 heterocycles. The van der Waals surface area contributed by atoms with Gasteiger partial charge in [-0.05, 0) is 0 Å². The predicted octanol–water partition coefficient (Wildman–Crippen LogP) is -3.91. The van der Waals surface area contributed by atoms with E-state index in [-0.39, 0.29) is 56.4 Å². The summed E-state index contributed by atoms with van der Waals surface area (Å²) in [5.74, 6) is -2.01. The minimum Gasteiger partial charge on any atom is -0.550 e. The molecule has 0 aromatic rings. The van der Waals surface area contributed by atoms with Gasteiger partial charge in [0.15, 0.2) is 0 Å². The molecule has 0 saturated heterocycles. The topological polar surface area (TPSA) is 208 Å². The Bertz CT molecular complexity index is 402. The molecule has 0 bridgehead atoms. The number of carbonyl (C=O) groups is 2. The van der Waals surface area contributed by atoms with Gasteiger partial charge in [0.2, 0.25) is 0 Å². The third-order valence-corrected chi connectivity index (χ3v) is 3.72. The molecule has 0 saturated carbocycles. The molecular weight excluding hydrogens is 511 g/mol. The Labute approximate surface area is 220 Å². The molecule has 0 fully saturated rings. The Morgan fingerprint density at radius 1 is 0.514 bits per heavy atom. The van der Waals surface area contributed by atoms with Crippen LogP contribution < -0.4 is 10.2 Å². The first kappa shape index (κ1) is 44.1. The minimum absolute atomic E-state index is 0. The molecule has 0 spiro atoms. The predicted molar refractivity (Wildman–Crippen MR) is 124 cm³/mol. The van der Waals surface area contributed by atoms with Gasteiger partial charge in [-0.3, -0.25) is 9.80 Å². The van der Waals surface area contributed by atoms with E-state index < -0.39 is 22.8 Å². The van der Waals surface area contributed by atoms with Crippen molar-refractivity contribution in [2.24, 2.45) is 10.8 Å². The summed E-state index contributed by atoms with van der Waals surface area (Å²) in [5, 5.41) is 70.7. The SMILES string of the molecule is CC(C)(C)C(=O)[O-].CC(C)(C)C(=O)[O-].OCCN(CCO)CCO.OCCN(CCO)CCO.[Co+2]. The van der Waals surface area contributed by atoms with Gasteiger partial charge < -0.3 is 50.4 Å². The van der Waals surface area contributed by atoms with Crippen LogP contribution in [0, 0.1) is 10.8 Å². The van der Waals surface area contributed by atoms with Gasteiger partial charge in [0.1, 0.15) is 0 Å². The first-order chi connectivity index (χ1) is 15.6. The summed E-state index contributed by atoms with van der Waals surface area (Å²) < 4.78 is 0. The molecule has 0 aromatic carbocycles. The Morgan fingerprint density at radius 3 is 0.686 bits per heavy atom. The fraction of sp³-hybridized carbons (Fsp3) is 0.909. The largest absolute Gasteiger partial charge is 2.00 e. The van der Waals surface area contributed by atoms with Crippen LogP contribution in [0.4, 0.5) is 0 Å². The Kier molecular flexibility index (Phi) is 34.9. The van der Waals surface area contributed by atoms with Crippen molar-refractivity contribution in [3.63, 3.8) is 0 Å². The van der Waals surface area contributed by atoms with Crippen molar-refractivity contribution in [3.05, 3.63) is 0 Å². The average molecular weight is 560 g/mol. The van der Waals surface area contributed by atoms with Crippen LogP contribution in [0.3, 0.4) is 0 Å². The summed E-state index contributed by atoms with van der Waals surface area (Å²) in [6.45, 7) is 13.1. The summed E-state index contributed by atoms with van der Waals surface area (Å²) in [4.78, 5) is 23.4. The van der Waals surface area contributed by atoms with Crippen molar-refractivity contribution in [2.75, 3.05) is 78.9 Å². The minimum atomic E-state index is -1.01. The van der Waals surface area contributed by atoms with Crippen LogP contribution in [0.1, 0.15) is 41.5 Å². The smallest absolute Gasteiger partial charge is 0.550 e. The van der Waals surface area contributed by atoms with Gasteiger partial charge in [0, 0.05) is 62.0 Å². The Balaban J connectivity index is -0.000000115. The fourth-order valence-corrected chi connectivity index (χ4v) is 1.52. The van der Waals surface area contributed by atoms with Crippen molar-refractivity contribution in [1.82, 2.24) is 9.80 Å². The van der Waals surface area contributed by atoms with Crippen LogP contribution in [0.2, 0.25) is 0 Å². The van der Waals surface area contributed by atoms with E-state index in [0.29, 0.717) is 39.3 Å². The maximum Gasteiger partial charge on any atom is 2.00 e. The van der Waals surface area contributed by atoms with Crippen molar-refractivity contribution < 1.29 is 67.2 Å². The molecule has 0 amide bonds. The summed E-state index contributed by atoms with van der Waals surface area (Å²) in [7, 11) is 0. The number of carboxylic acids is 2. The molecule has 215 valence electrons. The molecule has 0 atom stereocenters. The quantitative estimate of drug-likeness (QED) is 0.136. The van der Waals surface area contributed by atoms with Crippen LogP contribution in [-0.2, 0) is 26.4 Å². The molecule has 0 unspecified atom stereocenters. The van der Waals surface area contributed by atoms with Crippen LogP contribution in [0.15, 0.2) is 0 Å². The Morgan fingerprint density at radius 2 is 0.629 bits per heavy atom. The van der Waals surface area contributed by atoms with Gasteiger partial charge >= 0.3 is 16.8 Å². The zero-order chi connectivity index (χ0) is 27.8. The van der Waals surface area contributed by atoms with E-state index in [9.17, 15) is 19.8 Å². The molecule has 1 radical (unpaired) electrons. The molecular formula is C22H48CoN2O10. The zero-order valence-corrected chi connectivity index (χ0v) is 23.1. The van der Waals surface area contributed by atoms with Gasteiger partial charge in [-0.25, -0.2) is 0 Å². The van der Waals surface area contributed by atoms with Gasteiger partial charge in [-0.15, -0.1) is 0 Å². The van der Waals surface area contributed by atoms with Crippen LogP contribution >= 0.6 is 0 Å². The van der Waals surface area contributed by atoms with E-state index in [1.807, 2.05) is 0 Å². The Hall–Kier alpha value is -0.874. The number of nitrogens with zero attached hydrogens (tertiary/aromatic N) is 2. The molecule has 13 heteroatoms. The van der Waals surface area contributed by atoms with Gasteiger partial charge in [0.25, 0.3) is 0 Å². The number of hydrogen-bond acceptors (Lipinski definition) is 12. The maximum absolute atomic E-state index is 9.91. The first-order valence-corrected chi connectivity index (χ1v) is 11.1. The number of aliphatic hydroxyl groups excluding tert-OH is 6. The van der Waals surface area contributed by atoms with Crippen molar-refractivity contribution in [2.45, 2.75) is 41.5 Å². The summed E-state index contributed by atoms with van der Waals surface area (Å²) in [6, 6.07) is 0. The second-order valence-electron chi connectivity index (χ2n) is 9.10. The molecule has 0 aliphatic rings. The van der Waals surface area contributed by atoms with Gasteiger partial charge in [-0.1, -0.05) is 41.5 Å². The summed E-state index contributed by atoms with van der Waals surface area (Å²) in [6.07, 6.45) is 0. The number of aliphatic carboxylic acids is 2. The number of aliphatic hydroxyl groups is 6. The second kappa shape index (κ2) is 27.7. The monoisotopic (exact) mass is 559 g/mol. The summed E-state index contributed by atoms with van der Waals surface area (Å²) >= 11 is 0. The number of rotatable bonds is 12. The van der Waals surface area contributed by atoms with E-state index >= 15 is 0 Å². The first-order valence-electron chi connectivity index (χ1n) is 11.1.